The summed E-state index contributed by atoms with van der Waals surface area (Å²) in [7, 11) is 0. The fourth-order valence-corrected chi connectivity index (χ4v) is 4.23. The van der Waals surface area contributed by atoms with Crippen LogP contribution >= 0.6 is 0 Å². The molecule has 2 aliphatic rings. The van der Waals surface area contributed by atoms with Crippen molar-refractivity contribution >= 4 is 23.2 Å². The van der Waals surface area contributed by atoms with E-state index in [1.807, 2.05) is 6.07 Å². The molecule has 2 N–H and O–H groups in total. The van der Waals surface area contributed by atoms with Crippen LogP contribution in [0.5, 0.6) is 0 Å². The zero-order chi connectivity index (χ0) is 22.7. The summed E-state index contributed by atoms with van der Waals surface area (Å²) >= 11 is 0. The van der Waals surface area contributed by atoms with E-state index in [0.717, 1.165) is 11.6 Å². The lowest BCUT2D eigenvalue weighted by atomic mass is 10.0. The van der Waals surface area contributed by atoms with Gasteiger partial charge in [-0.3, -0.25) is 4.79 Å². The summed E-state index contributed by atoms with van der Waals surface area (Å²) in [5, 5.41) is 12.9. The van der Waals surface area contributed by atoms with Gasteiger partial charge < -0.3 is 20.2 Å². The highest BCUT2D eigenvalue weighted by molar-refractivity contribution is 6.11. The summed E-state index contributed by atoms with van der Waals surface area (Å²) in [6.45, 7) is 2.22. The van der Waals surface area contributed by atoms with Gasteiger partial charge in [0.25, 0.3) is 0 Å². The van der Waals surface area contributed by atoms with Gasteiger partial charge in [0, 0.05) is 39.3 Å². The number of carbonyl (C=O) groups excluding carboxylic acids is 1. The molecular formula is C24H26F3N3O2. The number of hydrogen-bond donors (Lipinski definition) is 2. The number of piperidine rings is 1. The normalized spacial score (nSPS) is 17.9. The molecule has 4 rings (SSSR count). The first kappa shape index (κ1) is 22.4. The first-order valence-corrected chi connectivity index (χ1v) is 10.8. The number of carbonyl (C=O) groups is 1. The summed E-state index contributed by atoms with van der Waals surface area (Å²) in [5.41, 5.74) is -0.537. The highest BCUT2D eigenvalue weighted by Crippen LogP contribution is 2.39. The van der Waals surface area contributed by atoms with Gasteiger partial charge in [-0.1, -0.05) is 36.4 Å². The third-order valence-electron chi connectivity index (χ3n) is 5.96. The van der Waals surface area contributed by atoms with Gasteiger partial charge in [0.15, 0.2) is 23.2 Å². The molecule has 2 saturated heterocycles. The van der Waals surface area contributed by atoms with Crippen molar-refractivity contribution in [3.05, 3.63) is 65.0 Å². The van der Waals surface area contributed by atoms with Gasteiger partial charge in [-0.05, 0) is 24.5 Å². The Balaban J connectivity index is 1.79. The Morgan fingerprint density at radius 1 is 0.906 bits per heavy atom. The van der Waals surface area contributed by atoms with Crippen LogP contribution in [0.3, 0.4) is 0 Å². The lowest BCUT2D eigenvalue weighted by Crippen LogP contribution is -2.45. The van der Waals surface area contributed by atoms with Crippen LogP contribution in [0.25, 0.3) is 6.08 Å². The van der Waals surface area contributed by atoms with E-state index in [0.29, 0.717) is 39.0 Å². The van der Waals surface area contributed by atoms with E-state index in [4.69, 9.17) is 0 Å². The number of rotatable bonds is 5. The van der Waals surface area contributed by atoms with E-state index in [9.17, 15) is 9.90 Å². The second-order valence-corrected chi connectivity index (χ2v) is 8.08. The molecule has 2 aliphatic heterocycles. The molecule has 0 unspecified atom stereocenters. The van der Waals surface area contributed by atoms with Crippen molar-refractivity contribution in [2.45, 2.75) is 18.9 Å². The van der Waals surface area contributed by atoms with Gasteiger partial charge in [-0.2, -0.15) is 0 Å². The van der Waals surface area contributed by atoms with Crippen molar-refractivity contribution < 1.29 is 23.1 Å². The predicted molar refractivity (Wildman–Crippen MR) is 119 cm³/mol. The molecule has 0 radical (unpaired) electrons. The molecule has 2 aromatic carbocycles. The standard InChI is InChI=1S/C24H26F3N3O2/c25-20-19(18(32)7-6-16-4-2-1-3-5-16)23(30-14-10-28-11-15-30)22(27)24(21(20)26)29-12-8-17(31)9-13-29/h1-7,17,28,31H,8-15H2. The molecule has 2 aromatic rings. The van der Waals surface area contributed by atoms with Crippen LogP contribution < -0.4 is 15.1 Å². The minimum absolute atomic E-state index is 0.200. The molecule has 2 heterocycles. The molecule has 8 heteroatoms. The smallest absolute Gasteiger partial charge is 0.191 e. The highest BCUT2D eigenvalue weighted by Gasteiger charge is 2.34. The SMILES string of the molecule is O=C(C=Cc1ccccc1)c1c(F)c(F)c(N2CCC(O)CC2)c(F)c1N1CCNCC1. The lowest BCUT2D eigenvalue weighted by molar-refractivity contribution is 0.104. The van der Waals surface area contributed by atoms with E-state index in [2.05, 4.69) is 5.32 Å². The summed E-state index contributed by atoms with van der Waals surface area (Å²) < 4.78 is 46.3. The monoisotopic (exact) mass is 445 g/mol. The average Bonchev–Trinajstić information content (AvgIpc) is 2.82. The number of aliphatic hydroxyl groups excluding tert-OH is 1. The van der Waals surface area contributed by atoms with E-state index in [1.54, 1.807) is 29.2 Å². The van der Waals surface area contributed by atoms with Gasteiger partial charge >= 0.3 is 0 Å². The maximum Gasteiger partial charge on any atom is 0.191 e. The van der Waals surface area contributed by atoms with Crippen LogP contribution in [0.2, 0.25) is 0 Å². The number of nitrogens with one attached hydrogen (secondary N) is 1. The maximum atomic E-state index is 15.8. The molecule has 0 saturated carbocycles. The predicted octanol–water partition coefficient (Wildman–Crippen LogP) is 3.37. The number of hydrogen-bond acceptors (Lipinski definition) is 5. The van der Waals surface area contributed by atoms with Crippen LogP contribution in [0.15, 0.2) is 36.4 Å². The minimum atomic E-state index is -1.37. The number of ketones is 1. The second kappa shape index (κ2) is 9.75. The summed E-state index contributed by atoms with van der Waals surface area (Å²) in [4.78, 5) is 16.0. The van der Waals surface area contributed by atoms with Crippen LogP contribution in [-0.4, -0.2) is 56.3 Å². The van der Waals surface area contributed by atoms with Crippen LogP contribution in [-0.2, 0) is 0 Å². The fraction of sp³-hybridized carbons (Fsp3) is 0.375. The largest absolute Gasteiger partial charge is 0.393 e. The number of benzene rings is 2. The molecule has 0 aromatic heterocycles. The summed E-state index contributed by atoms with van der Waals surface area (Å²) in [6, 6.07) is 8.95. The quantitative estimate of drug-likeness (QED) is 0.420. The van der Waals surface area contributed by atoms with Gasteiger partial charge in [0.05, 0.1) is 17.4 Å². The number of allylic oxidation sites excluding steroid dienone is 1. The first-order valence-electron chi connectivity index (χ1n) is 10.8. The number of nitrogens with zero attached hydrogens (tertiary/aromatic N) is 2. The molecule has 5 nitrogen and oxygen atoms in total. The Morgan fingerprint density at radius 2 is 1.53 bits per heavy atom. The Bertz CT molecular complexity index is 1000. The zero-order valence-corrected chi connectivity index (χ0v) is 17.7. The number of aliphatic hydroxyl groups is 1. The number of anilines is 2. The molecular weight excluding hydrogens is 419 g/mol. The van der Waals surface area contributed by atoms with Crippen LogP contribution in [0, 0.1) is 17.5 Å². The molecule has 0 spiro atoms. The third-order valence-corrected chi connectivity index (χ3v) is 5.96. The second-order valence-electron chi connectivity index (χ2n) is 8.08. The number of piperazine rings is 1. The highest BCUT2D eigenvalue weighted by atomic mass is 19.2. The molecule has 0 aliphatic carbocycles. The van der Waals surface area contributed by atoms with E-state index >= 15 is 13.2 Å². The van der Waals surface area contributed by atoms with E-state index in [1.165, 1.54) is 11.0 Å². The minimum Gasteiger partial charge on any atom is -0.393 e. The van der Waals surface area contributed by atoms with Gasteiger partial charge in [0.2, 0.25) is 0 Å². The first-order chi connectivity index (χ1) is 15.5. The van der Waals surface area contributed by atoms with Crippen molar-refractivity contribution in [2.24, 2.45) is 0 Å². The molecule has 32 heavy (non-hydrogen) atoms. The van der Waals surface area contributed by atoms with Gasteiger partial charge in [0.1, 0.15) is 5.69 Å². The van der Waals surface area contributed by atoms with Crippen LogP contribution in [0.4, 0.5) is 24.5 Å². The van der Waals surface area contributed by atoms with Crippen molar-refractivity contribution in [1.29, 1.82) is 0 Å². The Morgan fingerprint density at radius 3 is 2.19 bits per heavy atom. The van der Waals surface area contributed by atoms with Crippen molar-refractivity contribution in [3.63, 3.8) is 0 Å². The topological polar surface area (TPSA) is 55.8 Å². The molecule has 0 amide bonds. The third kappa shape index (κ3) is 4.52. The van der Waals surface area contributed by atoms with Crippen molar-refractivity contribution in [2.75, 3.05) is 49.1 Å². The van der Waals surface area contributed by atoms with Crippen LogP contribution in [0.1, 0.15) is 28.8 Å². The lowest BCUT2D eigenvalue weighted by Gasteiger charge is -2.35. The van der Waals surface area contributed by atoms with E-state index < -0.39 is 40.6 Å². The fourth-order valence-electron chi connectivity index (χ4n) is 4.23. The summed E-state index contributed by atoms with van der Waals surface area (Å²) in [6.07, 6.45) is 2.78. The zero-order valence-electron chi connectivity index (χ0n) is 17.7. The van der Waals surface area contributed by atoms with Gasteiger partial charge in [-0.25, -0.2) is 13.2 Å². The van der Waals surface area contributed by atoms with E-state index in [-0.39, 0.29) is 18.8 Å². The summed E-state index contributed by atoms with van der Waals surface area (Å²) in [5.74, 6) is -4.44. The molecule has 0 atom stereocenters. The molecule has 0 bridgehead atoms. The Hall–Kier alpha value is -2.84. The Labute approximate surface area is 185 Å². The molecule has 2 fully saturated rings. The number of halogens is 3. The average molecular weight is 445 g/mol. The van der Waals surface area contributed by atoms with Crippen molar-refractivity contribution in [3.8, 4) is 0 Å². The maximum absolute atomic E-state index is 15.8. The van der Waals surface area contributed by atoms with Gasteiger partial charge in [-0.15, -0.1) is 0 Å². The molecule has 170 valence electrons. The van der Waals surface area contributed by atoms with Crippen molar-refractivity contribution in [1.82, 2.24) is 5.32 Å². The Kier molecular flexibility index (Phi) is 6.81.